The van der Waals surface area contributed by atoms with E-state index >= 15 is 0 Å². The van der Waals surface area contributed by atoms with Crippen LogP contribution >= 0.6 is 35.3 Å². The van der Waals surface area contributed by atoms with E-state index in [2.05, 4.69) is 50.3 Å². The topological polar surface area (TPSA) is 89.1 Å². The minimum Gasteiger partial charge on any atom is -0.355 e. The number of aliphatic imine (C=N–C) groups is 1. The molecule has 0 bridgehead atoms. The van der Waals surface area contributed by atoms with Gasteiger partial charge in [0.1, 0.15) is 0 Å². The molecule has 0 saturated carbocycles. The second-order valence-electron chi connectivity index (χ2n) is 7.33. The number of nitrogens with zero attached hydrogens (tertiary/aromatic N) is 3. The summed E-state index contributed by atoms with van der Waals surface area (Å²) in [6, 6.07) is 4.29. The maximum atomic E-state index is 11.6. The van der Waals surface area contributed by atoms with Crippen molar-refractivity contribution in [3.8, 4) is 0 Å². The maximum absolute atomic E-state index is 11.6. The number of rotatable bonds is 7. The molecule has 3 amide bonds. The summed E-state index contributed by atoms with van der Waals surface area (Å²) in [6.45, 7) is 6.19. The number of hydrogen-bond acceptors (Lipinski definition) is 5. The van der Waals surface area contributed by atoms with Crippen molar-refractivity contribution >= 4 is 53.2 Å². The van der Waals surface area contributed by atoms with Gasteiger partial charge in [-0.1, -0.05) is 13.0 Å². The lowest BCUT2D eigenvalue weighted by molar-refractivity contribution is -0.124. The molecule has 2 saturated heterocycles. The van der Waals surface area contributed by atoms with E-state index in [0.717, 1.165) is 25.6 Å². The van der Waals surface area contributed by atoms with Crippen molar-refractivity contribution in [1.29, 1.82) is 0 Å². The Labute approximate surface area is 193 Å². The van der Waals surface area contributed by atoms with E-state index in [1.807, 2.05) is 0 Å². The van der Waals surface area contributed by atoms with Crippen LogP contribution in [0.1, 0.15) is 30.7 Å². The molecule has 2 fully saturated rings. The Bertz CT molecular complexity index is 675. The van der Waals surface area contributed by atoms with Crippen LogP contribution in [0.2, 0.25) is 0 Å². The minimum atomic E-state index is -0.327. The highest BCUT2D eigenvalue weighted by atomic mass is 127. The van der Waals surface area contributed by atoms with E-state index in [0.29, 0.717) is 25.1 Å². The first kappa shape index (κ1) is 23.9. The highest BCUT2D eigenvalue weighted by Gasteiger charge is 2.28. The third-order valence-corrected chi connectivity index (χ3v) is 6.36. The summed E-state index contributed by atoms with van der Waals surface area (Å²) in [5.41, 5.74) is 0. The van der Waals surface area contributed by atoms with Gasteiger partial charge in [0.25, 0.3) is 0 Å². The van der Waals surface area contributed by atoms with Crippen LogP contribution in [0.25, 0.3) is 0 Å². The Morgan fingerprint density at radius 2 is 2.10 bits per heavy atom. The summed E-state index contributed by atoms with van der Waals surface area (Å²) in [7, 11) is 1.73. The summed E-state index contributed by atoms with van der Waals surface area (Å²) in [5, 5.41) is 11.3. The van der Waals surface area contributed by atoms with Crippen molar-refractivity contribution in [3.63, 3.8) is 0 Å². The first-order valence-electron chi connectivity index (χ1n) is 9.88. The summed E-state index contributed by atoms with van der Waals surface area (Å²) in [4.78, 5) is 32.6. The Kier molecular flexibility index (Phi) is 9.63. The fourth-order valence-corrected chi connectivity index (χ4v) is 4.47. The molecule has 2 aliphatic heterocycles. The quantitative estimate of drug-likeness (QED) is 0.215. The number of piperidine rings is 1. The molecule has 8 nitrogen and oxygen atoms in total. The number of hydrogen-bond donors (Lipinski definition) is 3. The van der Waals surface area contributed by atoms with E-state index in [-0.39, 0.29) is 42.5 Å². The van der Waals surface area contributed by atoms with Crippen molar-refractivity contribution in [2.45, 2.75) is 25.8 Å². The first-order chi connectivity index (χ1) is 13.6. The second-order valence-corrected chi connectivity index (χ2v) is 8.31. The molecule has 3 heterocycles. The molecule has 2 aliphatic rings. The van der Waals surface area contributed by atoms with Crippen LogP contribution in [0.4, 0.5) is 4.79 Å². The minimum absolute atomic E-state index is 0. The molecular weight excluding hydrogens is 503 g/mol. The lowest BCUT2D eigenvalue weighted by Gasteiger charge is -2.36. The molecule has 3 N–H and O–H groups in total. The third kappa shape index (κ3) is 6.54. The highest BCUT2D eigenvalue weighted by Crippen LogP contribution is 2.28. The van der Waals surface area contributed by atoms with Crippen LogP contribution in [-0.2, 0) is 4.79 Å². The van der Waals surface area contributed by atoms with Crippen molar-refractivity contribution in [1.82, 2.24) is 25.8 Å². The van der Waals surface area contributed by atoms with E-state index in [1.54, 1.807) is 18.4 Å². The fraction of sp³-hybridized carbons (Fsp3) is 0.632. The zero-order valence-corrected chi connectivity index (χ0v) is 20.2. The van der Waals surface area contributed by atoms with Crippen molar-refractivity contribution in [2.24, 2.45) is 10.9 Å². The zero-order valence-electron chi connectivity index (χ0n) is 17.0. The van der Waals surface area contributed by atoms with E-state index in [4.69, 9.17) is 0 Å². The molecule has 29 heavy (non-hydrogen) atoms. The Hall–Kier alpha value is -1.40. The van der Waals surface area contributed by atoms with Gasteiger partial charge < -0.3 is 16.0 Å². The van der Waals surface area contributed by atoms with Gasteiger partial charge in [-0.25, -0.2) is 4.79 Å². The summed E-state index contributed by atoms with van der Waals surface area (Å²) in [5.74, 6) is 1.29. The summed E-state index contributed by atoms with van der Waals surface area (Å²) >= 11 is 1.79. The normalized spacial score (nSPS) is 19.7. The molecule has 162 valence electrons. The molecule has 1 atom stereocenters. The Morgan fingerprint density at radius 1 is 1.34 bits per heavy atom. The largest absolute Gasteiger partial charge is 0.355 e. The van der Waals surface area contributed by atoms with Crippen molar-refractivity contribution in [3.05, 3.63) is 22.4 Å². The van der Waals surface area contributed by atoms with Gasteiger partial charge in [-0.2, -0.15) is 0 Å². The number of guanidine groups is 1. The SMILES string of the molecule is CN=C(NCCN1C(=O)CNC1=O)NCC(c1cccs1)N1CCC(C)CC1.I. The third-order valence-electron chi connectivity index (χ3n) is 5.38. The lowest BCUT2D eigenvalue weighted by Crippen LogP contribution is -2.46. The monoisotopic (exact) mass is 534 g/mol. The molecule has 0 radical (unpaired) electrons. The van der Waals surface area contributed by atoms with Gasteiger partial charge in [-0.15, -0.1) is 35.3 Å². The van der Waals surface area contributed by atoms with Gasteiger partial charge in [0, 0.05) is 31.6 Å². The standard InChI is InChI=1S/C19H30N6O2S.HI/c1-14-5-8-24(9-6-14)15(16-4-3-11-28-16)12-22-18(20-2)21-7-10-25-17(26)13-23-19(25)27;/h3-4,11,14-15H,5-10,12-13H2,1-2H3,(H,23,27)(H2,20,21,22);1H. The predicted molar refractivity (Wildman–Crippen MR) is 127 cm³/mol. The molecule has 1 unspecified atom stereocenters. The highest BCUT2D eigenvalue weighted by molar-refractivity contribution is 14.0. The van der Waals surface area contributed by atoms with E-state index in [9.17, 15) is 9.59 Å². The van der Waals surface area contributed by atoms with E-state index in [1.165, 1.54) is 22.6 Å². The van der Waals surface area contributed by atoms with Gasteiger partial charge in [0.05, 0.1) is 12.6 Å². The van der Waals surface area contributed by atoms with Gasteiger partial charge in [0.15, 0.2) is 5.96 Å². The average molecular weight is 534 g/mol. The second kappa shape index (κ2) is 11.7. The summed E-state index contributed by atoms with van der Waals surface area (Å²) in [6.07, 6.45) is 2.47. The molecular formula is C19H31IN6O2S. The lowest BCUT2D eigenvalue weighted by atomic mass is 9.97. The number of amides is 3. The van der Waals surface area contributed by atoms with Crippen LogP contribution in [0.3, 0.4) is 0 Å². The number of likely N-dealkylation sites (tertiary alicyclic amines) is 1. The average Bonchev–Trinajstić information content (AvgIpc) is 3.33. The van der Waals surface area contributed by atoms with Crippen molar-refractivity contribution in [2.75, 3.05) is 46.3 Å². The van der Waals surface area contributed by atoms with E-state index < -0.39 is 0 Å². The van der Waals surface area contributed by atoms with Crippen LogP contribution < -0.4 is 16.0 Å². The molecule has 3 rings (SSSR count). The van der Waals surface area contributed by atoms with Crippen molar-refractivity contribution < 1.29 is 9.59 Å². The summed E-state index contributed by atoms with van der Waals surface area (Å²) < 4.78 is 0. The Balaban J connectivity index is 0.00000300. The molecule has 0 spiro atoms. The zero-order chi connectivity index (χ0) is 19.9. The maximum Gasteiger partial charge on any atom is 0.324 e. The predicted octanol–water partition coefficient (Wildman–Crippen LogP) is 1.86. The number of halogens is 1. The fourth-order valence-electron chi connectivity index (χ4n) is 3.61. The van der Waals surface area contributed by atoms with Crippen LogP contribution in [0, 0.1) is 5.92 Å². The van der Waals surface area contributed by atoms with Crippen LogP contribution in [0.15, 0.2) is 22.5 Å². The molecule has 1 aromatic heterocycles. The number of urea groups is 1. The Morgan fingerprint density at radius 3 is 2.69 bits per heavy atom. The van der Waals surface area contributed by atoms with Crippen LogP contribution in [0.5, 0.6) is 0 Å². The number of carbonyl (C=O) groups is 2. The van der Waals surface area contributed by atoms with Gasteiger partial charge in [-0.3, -0.25) is 19.6 Å². The van der Waals surface area contributed by atoms with Gasteiger partial charge in [-0.05, 0) is 43.3 Å². The smallest absolute Gasteiger partial charge is 0.324 e. The van der Waals surface area contributed by atoms with Gasteiger partial charge in [0.2, 0.25) is 5.91 Å². The number of imide groups is 1. The number of nitrogens with one attached hydrogen (secondary N) is 3. The molecule has 10 heteroatoms. The first-order valence-corrected chi connectivity index (χ1v) is 10.8. The van der Waals surface area contributed by atoms with Crippen LogP contribution in [-0.4, -0.2) is 74.0 Å². The number of carbonyl (C=O) groups excluding carboxylic acids is 2. The molecule has 0 aromatic carbocycles. The number of thiophene rings is 1. The van der Waals surface area contributed by atoms with Gasteiger partial charge >= 0.3 is 6.03 Å². The molecule has 0 aliphatic carbocycles. The molecule has 1 aromatic rings.